The molecule has 0 unspecified atom stereocenters. The molecular formula is C14H19N3O2. The fraction of sp³-hybridized carbons (Fsp3) is 0.429. The number of nitrogens with two attached hydrogens (primary N) is 1. The molecule has 0 bridgehead atoms. The van der Waals surface area contributed by atoms with Crippen LogP contribution in [0.2, 0.25) is 0 Å². The van der Waals surface area contributed by atoms with Crippen molar-refractivity contribution in [2.45, 2.75) is 38.7 Å². The highest BCUT2D eigenvalue weighted by Crippen LogP contribution is 2.36. The first-order valence-electron chi connectivity index (χ1n) is 6.47. The molecule has 0 atom stereocenters. The van der Waals surface area contributed by atoms with Crippen LogP contribution in [0.25, 0.3) is 0 Å². The first-order valence-corrected chi connectivity index (χ1v) is 6.47. The zero-order chi connectivity index (χ0) is 13.7. The largest absolute Gasteiger partial charge is 0.337 e. The van der Waals surface area contributed by atoms with E-state index in [9.17, 15) is 0 Å². The smallest absolute Gasteiger partial charge is 0.254 e. The molecule has 2 aromatic rings. The van der Waals surface area contributed by atoms with Crippen LogP contribution >= 0.6 is 0 Å². The molecule has 0 fully saturated rings. The first-order chi connectivity index (χ1) is 9.26. The van der Waals surface area contributed by atoms with Crippen molar-refractivity contribution in [1.29, 1.82) is 0 Å². The normalized spacial score (nSPS) is 11.7. The molecule has 2 rings (SSSR count). The highest BCUT2D eigenvalue weighted by Gasteiger charge is 2.35. The van der Waals surface area contributed by atoms with Crippen LogP contribution in [0.1, 0.15) is 44.0 Å². The van der Waals surface area contributed by atoms with E-state index in [1.807, 2.05) is 18.2 Å². The maximum Gasteiger partial charge on any atom is 0.254 e. The summed E-state index contributed by atoms with van der Waals surface area (Å²) >= 11 is 0. The van der Waals surface area contributed by atoms with Gasteiger partial charge in [-0.2, -0.15) is 4.98 Å². The van der Waals surface area contributed by atoms with Gasteiger partial charge >= 0.3 is 0 Å². The Morgan fingerprint density at radius 3 is 2.47 bits per heavy atom. The van der Waals surface area contributed by atoms with Crippen LogP contribution in [0.15, 0.2) is 34.9 Å². The van der Waals surface area contributed by atoms with Gasteiger partial charge in [0.2, 0.25) is 0 Å². The van der Waals surface area contributed by atoms with Gasteiger partial charge in [-0.15, -0.1) is 0 Å². The predicted octanol–water partition coefficient (Wildman–Crippen LogP) is 2.57. The molecule has 0 saturated carbocycles. The Morgan fingerprint density at radius 1 is 1.21 bits per heavy atom. The average molecular weight is 261 g/mol. The second-order valence-corrected chi connectivity index (χ2v) is 4.48. The minimum Gasteiger partial charge on any atom is -0.337 e. The third-order valence-electron chi connectivity index (χ3n) is 3.64. The quantitative estimate of drug-likeness (QED) is 0.809. The molecule has 0 saturated heterocycles. The Bertz CT molecular complexity index is 506. The standard InChI is InChI=1S/C14H19N3O2/c1-3-14(4-2,11-8-6-5-7-9-11)13-16-12(10-18-15)19-17-13/h5-9H,3-4,10,15H2,1-2H3. The fourth-order valence-corrected chi connectivity index (χ4v) is 2.44. The van der Waals surface area contributed by atoms with E-state index in [0.29, 0.717) is 11.7 Å². The summed E-state index contributed by atoms with van der Waals surface area (Å²) in [5, 5.41) is 4.10. The molecule has 0 aliphatic carbocycles. The summed E-state index contributed by atoms with van der Waals surface area (Å²) in [7, 11) is 0. The molecule has 1 aromatic heterocycles. The number of benzene rings is 1. The van der Waals surface area contributed by atoms with Gasteiger partial charge in [0, 0.05) is 0 Å². The van der Waals surface area contributed by atoms with E-state index in [-0.39, 0.29) is 12.0 Å². The van der Waals surface area contributed by atoms with Crippen LogP contribution in [0, 0.1) is 0 Å². The van der Waals surface area contributed by atoms with E-state index in [2.05, 4.69) is 41.0 Å². The zero-order valence-electron chi connectivity index (χ0n) is 11.3. The van der Waals surface area contributed by atoms with Crippen molar-refractivity contribution in [2.24, 2.45) is 5.90 Å². The summed E-state index contributed by atoms with van der Waals surface area (Å²) in [5.74, 6) is 6.12. The van der Waals surface area contributed by atoms with Gasteiger partial charge in [0.1, 0.15) is 6.61 Å². The van der Waals surface area contributed by atoms with Crippen molar-refractivity contribution < 1.29 is 9.36 Å². The van der Waals surface area contributed by atoms with Gasteiger partial charge in [-0.3, -0.25) is 4.84 Å². The molecule has 102 valence electrons. The molecule has 1 aromatic carbocycles. The molecule has 0 amide bonds. The summed E-state index contributed by atoms with van der Waals surface area (Å²) in [5.41, 5.74) is 0.971. The Labute approximate surface area is 112 Å². The highest BCUT2D eigenvalue weighted by molar-refractivity contribution is 5.32. The van der Waals surface area contributed by atoms with Gasteiger partial charge in [0.25, 0.3) is 5.89 Å². The lowest BCUT2D eigenvalue weighted by atomic mass is 9.75. The monoisotopic (exact) mass is 261 g/mol. The van der Waals surface area contributed by atoms with Gasteiger partial charge in [0.15, 0.2) is 5.82 Å². The fourth-order valence-electron chi connectivity index (χ4n) is 2.44. The van der Waals surface area contributed by atoms with Crippen molar-refractivity contribution >= 4 is 0 Å². The summed E-state index contributed by atoms with van der Waals surface area (Å²) in [6.45, 7) is 4.39. The minimum atomic E-state index is -0.225. The lowest BCUT2D eigenvalue weighted by Gasteiger charge is -2.28. The van der Waals surface area contributed by atoms with Crippen LogP contribution in [0.5, 0.6) is 0 Å². The number of aromatic nitrogens is 2. The Morgan fingerprint density at radius 2 is 1.89 bits per heavy atom. The third kappa shape index (κ3) is 2.52. The van der Waals surface area contributed by atoms with E-state index < -0.39 is 0 Å². The Hall–Kier alpha value is -1.72. The van der Waals surface area contributed by atoms with Gasteiger partial charge in [-0.25, -0.2) is 5.90 Å². The lowest BCUT2D eigenvalue weighted by Crippen LogP contribution is -2.27. The van der Waals surface area contributed by atoms with E-state index in [4.69, 9.17) is 10.4 Å². The van der Waals surface area contributed by atoms with Crippen LogP contribution in [-0.2, 0) is 16.9 Å². The average Bonchev–Trinajstić information content (AvgIpc) is 2.92. The van der Waals surface area contributed by atoms with Crippen molar-refractivity contribution in [2.75, 3.05) is 0 Å². The molecular weight excluding hydrogens is 242 g/mol. The van der Waals surface area contributed by atoms with E-state index in [1.165, 1.54) is 5.56 Å². The summed E-state index contributed by atoms with van der Waals surface area (Å²) in [6, 6.07) is 10.3. The lowest BCUT2D eigenvalue weighted by molar-refractivity contribution is 0.0995. The second kappa shape index (κ2) is 5.95. The molecule has 1 heterocycles. The number of hydrogen-bond acceptors (Lipinski definition) is 5. The summed E-state index contributed by atoms with van der Waals surface area (Å²) in [4.78, 5) is 8.94. The van der Waals surface area contributed by atoms with Crippen LogP contribution in [0.3, 0.4) is 0 Å². The maximum atomic E-state index is 5.17. The van der Waals surface area contributed by atoms with Crippen molar-refractivity contribution in [1.82, 2.24) is 10.1 Å². The van der Waals surface area contributed by atoms with Crippen molar-refractivity contribution in [3.05, 3.63) is 47.6 Å². The van der Waals surface area contributed by atoms with Gasteiger partial charge in [-0.05, 0) is 18.4 Å². The Balaban J connectivity index is 2.43. The maximum absolute atomic E-state index is 5.17. The third-order valence-corrected chi connectivity index (χ3v) is 3.64. The molecule has 5 heteroatoms. The van der Waals surface area contributed by atoms with E-state index in [1.54, 1.807) is 0 Å². The van der Waals surface area contributed by atoms with E-state index in [0.717, 1.165) is 12.8 Å². The number of hydrogen-bond donors (Lipinski definition) is 1. The van der Waals surface area contributed by atoms with Crippen LogP contribution < -0.4 is 5.90 Å². The van der Waals surface area contributed by atoms with Crippen molar-refractivity contribution in [3.63, 3.8) is 0 Å². The van der Waals surface area contributed by atoms with Gasteiger partial charge in [-0.1, -0.05) is 49.3 Å². The molecule has 19 heavy (non-hydrogen) atoms. The SMILES string of the molecule is CCC(CC)(c1ccccc1)c1noc(CON)n1. The second-order valence-electron chi connectivity index (χ2n) is 4.48. The number of rotatable bonds is 6. The summed E-state index contributed by atoms with van der Waals surface area (Å²) < 4.78 is 5.17. The van der Waals surface area contributed by atoms with Crippen molar-refractivity contribution in [3.8, 4) is 0 Å². The molecule has 0 aliphatic heterocycles. The number of nitrogens with zero attached hydrogens (tertiary/aromatic N) is 2. The van der Waals surface area contributed by atoms with Crippen LogP contribution in [-0.4, -0.2) is 10.1 Å². The van der Waals surface area contributed by atoms with E-state index >= 15 is 0 Å². The first kappa shape index (κ1) is 13.7. The minimum absolute atomic E-state index is 0.130. The topological polar surface area (TPSA) is 74.2 Å². The Kier molecular flexibility index (Phi) is 4.29. The molecule has 0 spiro atoms. The summed E-state index contributed by atoms with van der Waals surface area (Å²) in [6.07, 6.45) is 1.80. The van der Waals surface area contributed by atoms with Crippen LogP contribution in [0.4, 0.5) is 0 Å². The van der Waals surface area contributed by atoms with Gasteiger partial charge in [0.05, 0.1) is 5.41 Å². The predicted molar refractivity (Wildman–Crippen MR) is 71.1 cm³/mol. The molecule has 0 aliphatic rings. The molecule has 2 N–H and O–H groups in total. The van der Waals surface area contributed by atoms with Gasteiger partial charge < -0.3 is 4.52 Å². The zero-order valence-corrected chi connectivity index (χ0v) is 11.3. The highest BCUT2D eigenvalue weighted by atomic mass is 16.6. The molecule has 5 nitrogen and oxygen atoms in total. The molecule has 0 radical (unpaired) electrons.